The summed E-state index contributed by atoms with van der Waals surface area (Å²) in [7, 11) is 1.28. The number of fused-ring (bicyclic) bond motifs is 1. The summed E-state index contributed by atoms with van der Waals surface area (Å²) in [6.45, 7) is 1.02. The molecule has 2 aliphatic rings. The normalized spacial score (nSPS) is 10.7. The first-order valence-electron chi connectivity index (χ1n) is 6.86. The van der Waals surface area contributed by atoms with Gasteiger partial charge in [0.25, 0.3) is 5.56 Å². The lowest BCUT2D eigenvalue weighted by Gasteiger charge is -2.12. The number of esters is 1. The molecular weight excluding hydrogens is 300 g/mol. The molecule has 1 aromatic heterocycles. The molecule has 9 nitrogen and oxygen atoms in total. The largest absolute Gasteiger partial charge is 0.465 e. The second-order valence-electron chi connectivity index (χ2n) is 4.72. The molecule has 9 heteroatoms. The van der Waals surface area contributed by atoms with Crippen LogP contribution in [0.5, 0.6) is 0 Å². The van der Waals surface area contributed by atoms with Crippen LogP contribution in [0.15, 0.2) is 35.6 Å². The number of carbonyl (C=O) groups excluding carboxylic acids is 1. The summed E-state index contributed by atoms with van der Waals surface area (Å²) in [6.07, 6.45) is 6.52. The van der Waals surface area contributed by atoms with Crippen LogP contribution in [0.25, 0.3) is 11.3 Å². The molecule has 0 radical (unpaired) electrons. The van der Waals surface area contributed by atoms with Crippen LogP contribution in [0.4, 0.5) is 5.95 Å². The van der Waals surface area contributed by atoms with Crippen LogP contribution in [-0.2, 0) is 11.3 Å². The molecule has 0 fully saturated rings. The molecular formula is C14H14N6O3. The van der Waals surface area contributed by atoms with Crippen molar-refractivity contribution < 1.29 is 9.53 Å². The van der Waals surface area contributed by atoms with E-state index in [4.69, 9.17) is 4.74 Å². The molecule has 1 aromatic rings. The maximum Gasteiger partial charge on any atom is 0.341 e. The van der Waals surface area contributed by atoms with Gasteiger partial charge in [-0.25, -0.2) is 19.9 Å². The minimum absolute atomic E-state index is 0.235. The molecule has 0 unspecified atom stereocenters. The lowest BCUT2D eigenvalue weighted by atomic mass is 10.1. The molecule has 0 bridgehead atoms. The third-order valence-corrected chi connectivity index (χ3v) is 3.24. The van der Waals surface area contributed by atoms with Crippen LogP contribution < -0.4 is 10.9 Å². The molecule has 0 saturated carbocycles. The van der Waals surface area contributed by atoms with Gasteiger partial charge in [0.2, 0.25) is 5.95 Å². The molecule has 118 valence electrons. The van der Waals surface area contributed by atoms with Crippen molar-refractivity contribution >= 4 is 11.9 Å². The van der Waals surface area contributed by atoms with E-state index in [2.05, 4.69) is 25.5 Å². The van der Waals surface area contributed by atoms with E-state index in [1.54, 1.807) is 35.4 Å². The Morgan fingerprint density at radius 2 is 2.13 bits per heavy atom. The predicted octanol–water partition coefficient (Wildman–Crippen LogP) is 0.365. The molecule has 0 aromatic carbocycles. The van der Waals surface area contributed by atoms with E-state index in [0.717, 1.165) is 0 Å². The molecule has 23 heavy (non-hydrogen) atoms. The minimum atomic E-state index is -0.546. The number of aromatic amines is 1. The zero-order valence-corrected chi connectivity index (χ0v) is 12.3. The topological polar surface area (TPSA) is 115 Å². The Bertz CT molecular complexity index is 841. The lowest BCUT2D eigenvalue weighted by Crippen LogP contribution is -2.16. The van der Waals surface area contributed by atoms with Crippen molar-refractivity contribution in [1.82, 2.24) is 24.7 Å². The standard InChI is InChI=1S/C14H14N6O3/c1-23-13(22)10-8-20(7-9-11(10)18-19-12(9)21)6-5-17-14-15-3-2-4-16-14/h2-4,7-8H,5-6H2,1H3,(H,19,21)(H,15,16,17). The molecule has 3 rings (SSSR count). The Balaban J connectivity index is 1.83. The fourth-order valence-electron chi connectivity index (χ4n) is 2.17. The summed E-state index contributed by atoms with van der Waals surface area (Å²) < 4.78 is 6.46. The van der Waals surface area contributed by atoms with E-state index in [-0.39, 0.29) is 11.1 Å². The summed E-state index contributed by atoms with van der Waals surface area (Å²) in [5, 5.41) is 9.26. The van der Waals surface area contributed by atoms with Gasteiger partial charge in [-0.1, -0.05) is 0 Å². The molecule has 0 atom stereocenters. The third-order valence-electron chi connectivity index (χ3n) is 3.24. The predicted molar refractivity (Wildman–Crippen MR) is 81.3 cm³/mol. The van der Waals surface area contributed by atoms with Crippen molar-refractivity contribution in [3.8, 4) is 11.3 Å². The Morgan fingerprint density at radius 3 is 2.87 bits per heavy atom. The van der Waals surface area contributed by atoms with Gasteiger partial charge in [0.15, 0.2) is 0 Å². The third kappa shape index (κ3) is 3.03. The average molecular weight is 314 g/mol. The first kappa shape index (κ1) is 14.7. The number of methoxy groups -OCH3 is 1. The molecule has 0 amide bonds. The number of H-pyrrole nitrogens is 1. The fourth-order valence-corrected chi connectivity index (χ4v) is 2.17. The Labute approximate surface area is 130 Å². The number of hydrogen-bond acceptors (Lipinski definition) is 7. The number of aromatic nitrogens is 5. The van der Waals surface area contributed by atoms with Crippen molar-refractivity contribution in [2.24, 2.45) is 0 Å². The quantitative estimate of drug-likeness (QED) is 0.653. The van der Waals surface area contributed by atoms with Crippen LogP contribution >= 0.6 is 0 Å². The highest BCUT2D eigenvalue weighted by Gasteiger charge is 2.21. The van der Waals surface area contributed by atoms with Gasteiger partial charge in [0.1, 0.15) is 11.3 Å². The minimum Gasteiger partial charge on any atom is -0.465 e. The van der Waals surface area contributed by atoms with Crippen LogP contribution in [0.1, 0.15) is 10.4 Å². The number of nitrogens with one attached hydrogen (secondary N) is 2. The van der Waals surface area contributed by atoms with Gasteiger partial charge in [-0.05, 0) is 6.07 Å². The van der Waals surface area contributed by atoms with E-state index < -0.39 is 5.97 Å². The van der Waals surface area contributed by atoms with Crippen molar-refractivity contribution in [2.45, 2.75) is 6.54 Å². The Hall–Kier alpha value is -3.23. The van der Waals surface area contributed by atoms with Gasteiger partial charge in [-0.3, -0.25) is 4.79 Å². The lowest BCUT2D eigenvalue weighted by molar-refractivity contribution is 0.0600. The maximum atomic E-state index is 11.9. The molecule has 3 heterocycles. The highest BCUT2D eigenvalue weighted by Crippen LogP contribution is 2.20. The fraction of sp³-hybridized carbons (Fsp3) is 0.214. The zero-order valence-electron chi connectivity index (χ0n) is 12.3. The number of hydrogen-bond donors (Lipinski definition) is 2. The summed E-state index contributed by atoms with van der Waals surface area (Å²) in [4.78, 5) is 31.7. The van der Waals surface area contributed by atoms with Crippen LogP contribution in [0, 0.1) is 0 Å². The number of ether oxygens (including phenoxy) is 1. The van der Waals surface area contributed by atoms with E-state index >= 15 is 0 Å². The number of carbonyl (C=O) groups is 1. The molecule has 0 spiro atoms. The number of nitrogens with zero attached hydrogens (tertiary/aromatic N) is 4. The van der Waals surface area contributed by atoms with Gasteiger partial charge in [-0.2, -0.15) is 5.10 Å². The van der Waals surface area contributed by atoms with Crippen LogP contribution in [0.3, 0.4) is 0 Å². The van der Waals surface area contributed by atoms with Crippen LogP contribution in [-0.4, -0.2) is 44.4 Å². The first-order valence-corrected chi connectivity index (χ1v) is 6.86. The monoisotopic (exact) mass is 314 g/mol. The van der Waals surface area contributed by atoms with Crippen molar-refractivity contribution in [3.05, 3.63) is 46.8 Å². The smallest absolute Gasteiger partial charge is 0.341 e. The average Bonchev–Trinajstić information content (AvgIpc) is 2.96. The molecule has 2 N–H and O–H groups in total. The second-order valence-corrected chi connectivity index (χ2v) is 4.72. The molecule has 2 aliphatic heterocycles. The number of anilines is 1. The van der Waals surface area contributed by atoms with Crippen molar-refractivity contribution in [1.29, 1.82) is 0 Å². The van der Waals surface area contributed by atoms with Gasteiger partial charge in [0, 0.05) is 37.9 Å². The van der Waals surface area contributed by atoms with E-state index in [0.29, 0.717) is 30.3 Å². The summed E-state index contributed by atoms with van der Waals surface area (Å²) >= 11 is 0. The number of pyridine rings is 1. The highest BCUT2D eigenvalue weighted by molar-refractivity contribution is 5.95. The van der Waals surface area contributed by atoms with Gasteiger partial charge in [0.05, 0.1) is 12.7 Å². The Morgan fingerprint density at radius 1 is 1.35 bits per heavy atom. The first-order chi connectivity index (χ1) is 11.2. The van der Waals surface area contributed by atoms with E-state index in [1.807, 2.05) is 0 Å². The summed E-state index contributed by atoms with van der Waals surface area (Å²) in [5.74, 6) is -0.0367. The van der Waals surface area contributed by atoms with Crippen LogP contribution in [0.2, 0.25) is 0 Å². The zero-order chi connectivity index (χ0) is 16.2. The SMILES string of the molecule is COC(=O)c1cn(CCNc2ncccn2)cc2c(=O)[nH]nc1-2. The Kier molecular flexibility index (Phi) is 4.00. The molecule has 0 aliphatic carbocycles. The maximum absolute atomic E-state index is 11.9. The van der Waals surface area contributed by atoms with Crippen molar-refractivity contribution in [2.75, 3.05) is 19.0 Å². The van der Waals surface area contributed by atoms with Gasteiger partial charge < -0.3 is 14.6 Å². The summed E-state index contributed by atoms with van der Waals surface area (Å²) in [6, 6.07) is 1.73. The summed E-state index contributed by atoms with van der Waals surface area (Å²) in [5.41, 5.74) is 0.527. The van der Waals surface area contributed by atoms with Gasteiger partial charge >= 0.3 is 5.97 Å². The number of rotatable bonds is 5. The van der Waals surface area contributed by atoms with E-state index in [1.165, 1.54) is 7.11 Å². The van der Waals surface area contributed by atoms with Gasteiger partial charge in [-0.15, -0.1) is 0 Å². The highest BCUT2D eigenvalue weighted by atomic mass is 16.5. The van der Waals surface area contributed by atoms with Crippen molar-refractivity contribution in [3.63, 3.8) is 0 Å². The second kappa shape index (κ2) is 6.26. The molecule has 0 saturated heterocycles. The van der Waals surface area contributed by atoms with E-state index in [9.17, 15) is 9.59 Å².